The summed E-state index contributed by atoms with van der Waals surface area (Å²) in [7, 11) is 0. The summed E-state index contributed by atoms with van der Waals surface area (Å²) in [5.41, 5.74) is 0. The van der Waals surface area contributed by atoms with Crippen molar-refractivity contribution >= 4 is 45.9 Å². The first-order valence-corrected chi connectivity index (χ1v) is 3.19. The number of hydrogen-bond acceptors (Lipinski definition) is 2. The van der Waals surface area contributed by atoms with Gasteiger partial charge in [-0.2, -0.15) is 0 Å². The lowest BCUT2D eigenvalue weighted by molar-refractivity contribution is 0.524. The van der Waals surface area contributed by atoms with E-state index in [1.165, 1.54) is 22.9 Å². The second kappa shape index (κ2) is 3.14. The quantitative estimate of drug-likeness (QED) is 0.382. The Labute approximate surface area is 56.7 Å². The molecule has 0 heterocycles. The molecule has 38 valence electrons. The van der Waals surface area contributed by atoms with Gasteiger partial charge in [-0.3, -0.25) is 4.21 Å². The Morgan fingerprint density at radius 2 is 2.17 bits per heavy atom. The Morgan fingerprint density at radius 3 is 2.17 bits per heavy atom. The van der Waals surface area contributed by atoms with Crippen molar-refractivity contribution < 1.29 is 8.76 Å². The first kappa shape index (κ1) is 7.09. The molecule has 0 bridgehead atoms. The molecule has 0 aromatic carbocycles. The van der Waals surface area contributed by atoms with E-state index in [1.807, 2.05) is 0 Å². The Hall–Kier alpha value is 1.09. The largest absolute Gasteiger partial charge is 0.758 e. The van der Waals surface area contributed by atoms with E-state index in [0.717, 1.165) is 0 Å². The molecule has 0 radical (unpaired) electrons. The third kappa shape index (κ3) is 3.29. The predicted octanol–water partition coefficient (Wildman–Crippen LogP) is 0.586. The van der Waals surface area contributed by atoms with Gasteiger partial charge in [0.15, 0.2) is 0 Å². The van der Waals surface area contributed by atoms with Crippen LogP contribution in [0.25, 0.3) is 0 Å². The van der Waals surface area contributed by atoms with Gasteiger partial charge in [0.2, 0.25) is 0 Å². The number of halogens is 2. The molecule has 0 spiro atoms. The lowest BCUT2D eigenvalue weighted by Gasteiger charge is -2.04. The molecular weight excluding hydrogens is 240 g/mol. The highest BCUT2D eigenvalue weighted by Crippen LogP contribution is 2.03. The zero-order valence-electron chi connectivity index (χ0n) is 2.43. The van der Waals surface area contributed by atoms with Crippen LogP contribution >= 0.6 is 34.6 Å². The van der Waals surface area contributed by atoms with Gasteiger partial charge in [0.25, 0.3) is 0 Å². The Kier molecular flexibility index (Phi) is 3.71. The lowest BCUT2D eigenvalue weighted by atomic mass is 13.9. The second-order valence-electron chi connectivity index (χ2n) is 0.419. The minimum absolute atomic E-state index is 0.526. The van der Waals surface area contributed by atoms with Crippen molar-refractivity contribution in [2.75, 3.05) is 0 Å². The van der Waals surface area contributed by atoms with Crippen LogP contribution in [0.4, 0.5) is 0 Å². The van der Waals surface area contributed by atoms with E-state index in [0.29, 0.717) is 2.04 Å². The molecule has 0 fully saturated rings. The van der Waals surface area contributed by atoms with Crippen LogP contribution < -0.4 is 0 Å². The van der Waals surface area contributed by atoms with Crippen LogP contribution in [0.5, 0.6) is 0 Å². The van der Waals surface area contributed by atoms with E-state index < -0.39 is 11.3 Å². The van der Waals surface area contributed by atoms with Gasteiger partial charge in [0, 0.05) is 23.0 Å². The predicted molar refractivity (Wildman–Crippen MR) is 30.6 cm³/mol. The Bertz CT molecular complexity index is 64.6. The summed E-state index contributed by atoms with van der Waals surface area (Å²) in [5, 5.41) is 0. The molecule has 0 aliphatic heterocycles. The van der Waals surface area contributed by atoms with Crippen molar-refractivity contribution in [1.29, 1.82) is 0 Å². The zero-order chi connectivity index (χ0) is 5.15. The first-order valence-electron chi connectivity index (χ1n) is 0.854. The number of nitrogens with zero attached hydrogens (tertiary/aromatic N) is 1. The second-order valence-corrected chi connectivity index (χ2v) is 3.95. The SMILES string of the molecule is O=S([O-])N(Cl)I. The smallest absolute Gasteiger partial charge is 0.0523 e. The van der Waals surface area contributed by atoms with Crippen LogP contribution in [0.15, 0.2) is 0 Å². The van der Waals surface area contributed by atoms with E-state index in [1.54, 1.807) is 0 Å². The molecule has 0 N–H and O–H groups in total. The van der Waals surface area contributed by atoms with Crippen molar-refractivity contribution in [3.63, 3.8) is 0 Å². The summed E-state index contributed by atoms with van der Waals surface area (Å²) in [6.07, 6.45) is 0. The summed E-state index contributed by atoms with van der Waals surface area (Å²) >= 11 is 3.96. The fourth-order valence-electron chi connectivity index (χ4n) is 0. The van der Waals surface area contributed by atoms with Gasteiger partial charge in [0.1, 0.15) is 0 Å². The van der Waals surface area contributed by atoms with Crippen LogP contribution in [0.3, 0.4) is 0 Å². The van der Waals surface area contributed by atoms with Gasteiger partial charge in [-0.25, -0.2) is 0 Å². The molecule has 0 rings (SSSR count). The summed E-state index contributed by atoms with van der Waals surface area (Å²) in [6, 6.07) is 0. The molecule has 1 atom stereocenters. The van der Waals surface area contributed by atoms with Crippen molar-refractivity contribution in [3.8, 4) is 0 Å². The van der Waals surface area contributed by atoms with Gasteiger partial charge in [-0.15, -0.1) is 0 Å². The summed E-state index contributed by atoms with van der Waals surface area (Å²) < 4.78 is 19.5. The molecule has 0 aromatic rings. The number of hydrogen-bond donors (Lipinski definition) is 0. The summed E-state index contributed by atoms with van der Waals surface area (Å²) in [4.78, 5) is 0. The minimum Gasteiger partial charge on any atom is -0.758 e. The molecule has 6 heavy (non-hydrogen) atoms. The molecule has 0 saturated heterocycles. The van der Waals surface area contributed by atoms with Crippen LogP contribution in [0.2, 0.25) is 0 Å². The van der Waals surface area contributed by atoms with Gasteiger partial charge >= 0.3 is 0 Å². The Morgan fingerprint density at radius 1 is 2.00 bits per heavy atom. The van der Waals surface area contributed by atoms with Crippen molar-refractivity contribution in [1.82, 2.24) is 2.04 Å². The van der Waals surface area contributed by atoms with E-state index in [-0.39, 0.29) is 0 Å². The standard InChI is InChI=1S/ClHINO2S/c1-3(2)6(4)5/h(H,4,5)/p-1. The van der Waals surface area contributed by atoms with Crippen LogP contribution in [0, 0.1) is 0 Å². The average Bonchev–Trinajstić information content (AvgIpc) is 1.36. The summed E-state index contributed by atoms with van der Waals surface area (Å²) in [5.74, 6) is 0. The van der Waals surface area contributed by atoms with E-state index in [2.05, 4.69) is 0 Å². The molecule has 1 unspecified atom stereocenters. The lowest BCUT2D eigenvalue weighted by Crippen LogP contribution is -1.98. The topological polar surface area (TPSA) is 43.4 Å². The van der Waals surface area contributed by atoms with Gasteiger partial charge in [0.05, 0.1) is 22.9 Å². The highest BCUT2D eigenvalue weighted by molar-refractivity contribution is 14.1. The molecule has 6 heteroatoms. The summed E-state index contributed by atoms with van der Waals surface area (Å²) in [6.45, 7) is 0. The highest BCUT2D eigenvalue weighted by Gasteiger charge is 1.85. The van der Waals surface area contributed by atoms with E-state index in [9.17, 15) is 8.76 Å². The van der Waals surface area contributed by atoms with Gasteiger partial charge < -0.3 is 4.55 Å². The molecule has 0 aliphatic rings. The highest BCUT2D eigenvalue weighted by atomic mass is 127. The van der Waals surface area contributed by atoms with Crippen molar-refractivity contribution in [2.45, 2.75) is 0 Å². The van der Waals surface area contributed by atoms with Crippen molar-refractivity contribution in [2.24, 2.45) is 0 Å². The van der Waals surface area contributed by atoms with Crippen LogP contribution in [0.1, 0.15) is 0 Å². The maximum atomic E-state index is 9.49. The molecule has 0 aliphatic carbocycles. The van der Waals surface area contributed by atoms with Gasteiger partial charge in [-0.05, 0) is 0 Å². The van der Waals surface area contributed by atoms with Crippen LogP contribution in [-0.4, -0.2) is 10.8 Å². The average molecular weight is 240 g/mol. The fourth-order valence-corrected chi connectivity index (χ4v) is 0. The maximum absolute atomic E-state index is 9.49. The number of rotatable bonds is 1. The first-order chi connectivity index (χ1) is 2.64. The fraction of sp³-hybridized carbons (Fsp3) is 0. The third-order valence-corrected chi connectivity index (χ3v) is 1.64. The molecular formula is ClINO2S-. The minimum atomic E-state index is -2.28. The zero-order valence-corrected chi connectivity index (χ0v) is 6.16. The third-order valence-electron chi connectivity index (χ3n) is 0.113. The molecule has 3 nitrogen and oxygen atoms in total. The van der Waals surface area contributed by atoms with E-state index >= 15 is 0 Å². The molecule has 0 aromatic heterocycles. The maximum Gasteiger partial charge on any atom is 0.0523 e. The van der Waals surface area contributed by atoms with Crippen LogP contribution in [-0.2, 0) is 11.3 Å². The normalized spacial score (nSPS) is 15.3. The molecule has 0 amide bonds. The molecule has 0 saturated carbocycles. The Balaban J connectivity index is 3.26. The van der Waals surface area contributed by atoms with E-state index in [4.69, 9.17) is 11.8 Å². The monoisotopic (exact) mass is 240 g/mol. The van der Waals surface area contributed by atoms with Gasteiger partial charge in [-0.1, -0.05) is 2.04 Å². The van der Waals surface area contributed by atoms with Crippen molar-refractivity contribution in [3.05, 3.63) is 0 Å².